The SMILES string of the molecule is CNC1CCN(Cc2c(OC)cc(OC)cc2OC)CC1. The summed E-state index contributed by atoms with van der Waals surface area (Å²) < 4.78 is 16.3. The van der Waals surface area contributed by atoms with Crippen LogP contribution in [0.2, 0.25) is 0 Å². The van der Waals surface area contributed by atoms with Gasteiger partial charge in [-0.25, -0.2) is 0 Å². The molecule has 1 aromatic carbocycles. The Bertz CT molecular complexity index is 432. The average Bonchev–Trinajstić information content (AvgIpc) is 2.55. The maximum Gasteiger partial charge on any atom is 0.130 e. The van der Waals surface area contributed by atoms with Crippen molar-refractivity contribution in [2.45, 2.75) is 25.4 Å². The van der Waals surface area contributed by atoms with E-state index in [2.05, 4.69) is 10.2 Å². The minimum absolute atomic E-state index is 0.640. The predicted molar refractivity (Wildman–Crippen MR) is 83.5 cm³/mol. The van der Waals surface area contributed by atoms with Gasteiger partial charge in [0.05, 0.1) is 26.9 Å². The minimum Gasteiger partial charge on any atom is -0.496 e. The smallest absolute Gasteiger partial charge is 0.130 e. The largest absolute Gasteiger partial charge is 0.496 e. The van der Waals surface area contributed by atoms with Crippen LogP contribution in [-0.2, 0) is 6.54 Å². The lowest BCUT2D eigenvalue weighted by Gasteiger charge is -2.32. The molecule has 1 aliphatic heterocycles. The molecule has 0 saturated carbocycles. The molecule has 1 fully saturated rings. The van der Waals surface area contributed by atoms with E-state index in [1.54, 1.807) is 21.3 Å². The number of nitrogens with one attached hydrogen (secondary N) is 1. The number of methoxy groups -OCH3 is 3. The molecule has 0 unspecified atom stereocenters. The topological polar surface area (TPSA) is 43.0 Å². The molecule has 0 aliphatic carbocycles. The zero-order chi connectivity index (χ0) is 15.2. The van der Waals surface area contributed by atoms with Gasteiger partial charge in [-0.2, -0.15) is 0 Å². The Balaban J connectivity index is 2.15. The van der Waals surface area contributed by atoms with E-state index < -0.39 is 0 Å². The molecule has 5 heteroatoms. The first-order valence-corrected chi connectivity index (χ1v) is 7.40. The van der Waals surface area contributed by atoms with Crippen LogP contribution in [0.1, 0.15) is 18.4 Å². The average molecular weight is 294 g/mol. The van der Waals surface area contributed by atoms with Gasteiger partial charge in [-0.05, 0) is 33.0 Å². The Morgan fingerprint density at radius 2 is 1.62 bits per heavy atom. The van der Waals surface area contributed by atoms with Crippen LogP contribution in [0.5, 0.6) is 17.2 Å². The highest BCUT2D eigenvalue weighted by Crippen LogP contribution is 2.35. The van der Waals surface area contributed by atoms with Crippen LogP contribution in [0.3, 0.4) is 0 Å². The number of rotatable bonds is 6. The molecule has 0 aromatic heterocycles. The van der Waals surface area contributed by atoms with Crippen molar-refractivity contribution in [1.29, 1.82) is 0 Å². The zero-order valence-corrected chi connectivity index (χ0v) is 13.4. The highest BCUT2D eigenvalue weighted by atomic mass is 16.5. The van der Waals surface area contributed by atoms with Crippen molar-refractivity contribution in [1.82, 2.24) is 10.2 Å². The molecule has 0 spiro atoms. The Morgan fingerprint density at radius 1 is 1.05 bits per heavy atom. The first-order chi connectivity index (χ1) is 10.2. The van der Waals surface area contributed by atoms with Crippen molar-refractivity contribution in [3.05, 3.63) is 17.7 Å². The molecule has 0 atom stereocenters. The molecular weight excluding hydrogens is 268 g/mol. The molecule has 1 heterocycles. The third-order valence-corrected chi connectivity index (χ3v) is 4.19. The maximum absolute atomic E-state index is 5.52. The number of ether oxygens (including phenoxy) is 3. The summed E-state index contributed by atoms with van der Waals surface area (Å²) in [4.78, 5) is 2.45. The Kier molecular flexibility index (Phi) is 5.70. The number of benzene rings is 1. The van der Waals surface area contributed by atoms with Crippen LogP contribution in [-0.4, -0.2) is 52.4 Å². The van der Waals surface area contributed by atoms with Crippen molar-refractivity contribution in [2.75, 3.05) is 41.5 Å². The first kappa shape index (κ1) is 15.9. The van der Waals surface area contributed by atoms with E-state index in [1.807, 2.05) is 19.2 Å². The predicted octanol–water partition coefficient (Wildman–Crippen LogP) is 1.90. The highest BCUT2D eigenvalue weighted by molar-refractivity contribution is 5.50. The van der Waals surface area contributed by atoms with Crippen LogP contribution in [0.15, 0.2) is 12.1 Å². The summed E-state index contributed by atoms with van der Waals surface area (Å²) in [7, 11) is 7.06. The van der Waals surface area contributed by atoms with Gasteiger partial charge in [0.2, 0.25) is 0 Å². The van der Waals surface area contributed by atoms with E-state index in [9.17, 15) is 0 Å². The number of likely N-dealkylation sites (tertiary alicyclic amines) is 1. The van der Waals surface area contributed by atoms with E-state index in [0.717, 1.165) is 42.4 Å². The number of nitrogens with zero attached hydrogens (tertiary/aromatic N) is 1. The van der Waals surface area contributed by atoms with E-state index >= 15 is 0 Å². The fraction of sp³-hybridized carbons (Fsp3) is 0.625. The zero-order valence-electron chi connectivity index (χ0n) is 13.4. The van der Waals surface area contributed by atoms with E-state index in [1.165, 1.54) is 12.8 Å². The van der Waals surface area contributed by atoms with Gasteiger partial charge in [0.25, 0.3) is 0 Å². The van der Waals surface area contributed by atoms with Crippen molar-refractivity contribution in [3.8, 4) is 17.2 Å². The molecule has 0 bridgehead atoms. The van der Waals surface area contributed by atoms with Crippen LogP contribution in [0, 0.1) is 0 Å². The lowest BCUT2D eigenvalue weighted by molar-refractivity contribution is 0.190. The Labute approximate surface area is 127 Å². The molecule has 2 rings (SSSR count). The standard InChI is InChI=1S/C16H26N2O3/c1-17-12-5-7-18(8-6-12)11-14-15(20-3)9-13(19-2)10-16(14)21-4/h9-10,12,17H,5-8,11H2,1-4H3. The van der Waals surface area contributed by atoms with Gasteiger partial charge in [-0.15, -0.1) is 0 Å². The van der Waals surface area contributed by atoms with Crippen LogP contribution >= 0.6 is 0 Å². The van der Waals surface area contributed by atoms with Crippen molar-refractivity contribution in [2.24, 2.45) is 0 Å². The van der Waals surface area contributed by atoms with E-state index in [-0.39, 0.29) is 0 Å². The lowest BCUT2D eigenvalue weighted by Crippen LogP contribution is -2.40. The van der Waals surface area contributed by atoms with E-state index in [0.29, 0.717) is 6.04 Å². The maximum atomic E-state index is 5.52. The third-order valence-electron chi connectivity index (χ3n) is 4.19. The summed E-state index contributed by atoms with van der Waals surface area (Å²) in [6, 6.07) is 4.47. The third kappa shape index (κ3) is 3.80. The summed E-state index contributed by atoms with van der Waals surface area (Å²) in [5.74, 6) is 2.39. The van der Waals surface area contributed by atoms with Gasteiger partial charge in [-0.3, -0.25) is 4.90 Å². The quantitative estimate of drug-likeness (QED) is 0.868. The summed E-state index contributed by atoms with van der Waals surface area (Å²) in [5, 5.41) is 3.36. The van der Waals surface area contributed by atoms with Gasteiger partial charge in [0.1, 0.15) is 17.2 Å². The van der Waals surface area contributed by atoms with E-state index in [4.69, 9.17) is 14.2 Å². The number of hydrogen-bond acceptors (Lipinski definition) is 5. The van der Waals surface area contributed by atoms with Crippen LogP contribution in [0.4, 0.5) is 0 Å². The molecule has 1 aromatic rings. The Morgan fingerprint density at radius 3 is 2.05 bits per heavy atom. The molecule has 0 radical (unpaired) electrons. The summed E-state index contributed by atoms with van der Waals surface area (Å²) in [6.45, 7) is 3.01. The fourth-order valence-electron chi connectivity index (χ4n) is 2.84. The summed E-state index contributed by atoms with van der Waals surface area (Å²) >= 11 is 0. The van der Waals surface area contributed by atoms with Crippen molar-refractivity contribution in [3.63, 3.8) is 0 Å². The molecule has 5 nitrogen and oxygen atoms in total. The summed E-state index contributed by atoms with van der Waals surface area (Å²) in [5.41, 5.74) is 1.09. The number of piperidine rings is 1. The fourth-order valence-corrected chi connectivity index (χ4v) is 2.84. The van der Waals surface area contributed by atoms with Gasteiger partial charge >= 0.3 is 0 Å². The van der Waals surface area contributed by atoms with Gasteiger partial charge < -0.3 is 19.5 Å². The summed E-state index contributed by atoms with van der Waals surface area (Å²) in [6.07, 6.45) is 2.36. The van der Waals surface area contributed by atoms with Crippen molar-refractivity contribution < 1.29 is 14.2 Å². The second-order valence-corrected chi connectivity index (χ2v) is 5.35. The van der Waals surface area contributed by atoms with Crippen LogP contribution in [0.25, 0.3) is 0 Å². The second kappa shape index (κ2) is 7.52. The Hall–Kier alpha value is -1.46. The van der Waals surface area contributed by atoms with Gasteiger partial charge in [0.15, 0.2) is 0 Å². The van der Waals surface area contributed by atoms with Gasteiger partial charge in [0, 0.05) is 24.7 Å². The molecule has 21 heavy (non-hydrogen) atoms. The molecule has 1 N–H and O–H groups in total. The minimum atomic E-state index is 0.640. The molecule has 118 valence electrons. The van der Waals surface area contributed by atoms with Gasteiger partial charge in [-0.1, -0.05) is 0 Å². The normalized spacial score (nSPS) is 16.8. The van der Waals surface area contributed by atoms with Crippen LogP contribution < -0.4 is 19.5 Å². The molecule has 0 amide bonds. The lowest BCUT2D eigenvalue weighted by atomic mass is 10.0. The second-order valence-electron chi connectivity index (χ2n) is 5.35. The molecule has 1 saturated heterocycles. The molecule has 1 aliphatic rings. The number of hydrogen-bond donors (Lipinski definition) is 1. The highest BCUT2D eigenvalue weighted by Gasteiger charge is 2.21. The molecular formula is C16H26N2O3. The monoisotopic (exact) mass is 294 g/mol. The first-order valence-electron chi connectivity index (χ1n) is 7.40. The van der Waals surface area contributed by atoms with Crippen molar-refractivity contribution >= 4 is 0 Å².